The summed E-state index contributed by atoms with van der Waals surface area (Å²) in [4.78, 5) is 0. The van der Waals surface area contributed by atoms with Gasteiger partial charge in [0.2, 0.25) is 0 Å². The molecule has 1 heteroatoms. The zero-order valence-corrected chi connectivity index (χ0v) is 7.90. The average molecular weight is 155 g/mol. The van der Waals surface area contributed by atoms with Crippen molar-refractivity contribution in [2.45, 2.75) is 52.0 Å². The molecular formula is C10H21N. The Balaban J connectivity index is 3.46. The smallest absolute Gasteiger partial charge is 0.0250 e. The maximum absolute atomic E-state index is 5.89. The van der Waals surface area contributed by atoms with Crippen LogP contribution in [-0.4, -0.2) is 6.04 Å². The van der Waals surface area contributed by atoms with Crippen molar-refractivity contribution in [3.8, 4) is 0 Å². The lowest BCUT2D eigenvalue weighted by molar-refractivity contribution is 0.614. The normalized spacial score (nSPS) is 13.0. The third kappa shape index (κ3) is 5.02. The molecule has 0 rings (SSSR count). The molecule has 0 fully saturated rings. The van der Waals surface area contributed by atoms with E-state index in [4.69, 9.17) is 5.73 Å². The van der Waals surface area contributed by atoms with Crippen LogP contribution in [0, 0.1) is 0 Å². The predicted octanol–water partition coefficient (Wildman–Crippen LogP) is 2.86. The minimum absolute atomic E-state index is 0.245. The van der Waals surface area contributed by atoms with E-state index in [2.05, 4.69) is 20.4 Å². The van der Waals surface area contributed by atoms with Gasteiger partial charge in [-0.2, -0.15) is 0 Å². The zero-order chi connectivity index (χ0) is 8.69. The minimum atomic E-state index is 0.245. The first-order valence-corrected chi connectivity index (χ1v) is 4.65. The monoisotopic (exact) mass is 155 g/mol. The fourth-order valence-corrected chi connectivity index (χ4v) is 1.13. The summed E-state index contributed by atoms with van der Waals surface area (Å²) in [5.41, 5.74) is 7.11. The lowest BCUT2D eigenvalue weighted by Crippen LogP contribution is -2.21. The molecule has 0 aliphatic rings. The second kappa shape index (κ2) is 6.41. The van der Waals surface area contributed by atoms with Crippen LogP contribution >= 0.6 is 0 Å². The lowest BCUT2D eigenvalue weighted by atomic mass is 10.0. The summed E-state index contributed by atoms with van der Waals surface area (Å²) in [6, 6.07) is 0.245. The van der Waals surface area contributed by atoms with Crippen LogP contribution in [0.1, 0.15) is 46.0 Å². The molecule has 0 aromatic rings. The highest BCUT2D eigenvalue weighted by Crippen LogP contribution is 2.10. The Labute approximate surface area is 70.7 Å². The van der Waals surface area contributed by atoms with Crippen LogP contribution in [0.3, 0.4) is 0 Å². The molecule has 0 aromatic heterocycles. The molecule has 0 heterocycles. The van der Waals surface area contributed by atoms with Crippen molar-refractivity contribution >= 4 is 0 Å². The number of unbranched alkanes of at least 4 members (excludes halogenated alkanes) is 1. The summed E-state index contributed by atoms with van der Waals surface area (Å²) < 4.78 is 0. The van der Waals surface area contributed by atoms with Crippen molar-refractivity contribution in [2.75, 3.05) is 0 Å². The molecule has 11 heavy (non-hydrogen) atoms. The highest BCUT2D eigenvalue weighted by Gasteiger charge is 2.04. The van der Waals surface area contributed by atoms with Crippen molar-refractivity contribution in [2.24, 2.45) is 5.73 Å². The third-order valence-corrected chi connectivity index (χ3v) is 1.96. The summed E-state index contributed by atoms with van der Waals surface area (Å²) in [6.45, 7) is 8.33. The molecule has 1 unspecified atom stereocenters. The summed E-state index contributed by atoms with van der Waals surface area (Å²) in [7, 11) is 0. The maximum atomic E-state index is 5.89. The summed E-state index contributed by atoms with van der Waals surface area (Å²) in [5, 5.41) is 0. The third-order valence-electron chi connectivity index (χ3n) is 1.96. The van der Waals surface area contributed by atoms with Gasteiger partial charge in [-0.3, -0.25) is 0 Å². The Morgan fingerprint density at radius 1 is 1.36 bits per heavy atom. The van der Waals surface area contributed by atoms with Gasteiger partial charge < -0.3 is 5.73 Å². The molecule has 0 radical (unpaired) electrons. The Bertz CT molecular complexity index is 107. The molecule has 0 aromatic carbocycles. The van der Waals surface area contributed by atoms with Gasteiger partial charge >= 0.3 is 0 Å². The zero-order valence-electron chi connectivity index (χ0n) is 7.90. The van der Waals surface area contributed by atoms with Gasteiger partial charge in [-0.25, -0.2) is 0 Å². The van der Waals surface area contributed by atoms with E-state index in [1.165, 1.54) is 24.8 Å². The van der Waals surface area contributed by atoms with Gasteiger partial charge in [0.05, 0.1) is 0 Å². The molecule has 1 atom stereocenters. The molecule has 66 valence electrons. The van der Waals surface area contributed by atoms with Gasteiger partial charge in [-0.1, -0.05) is 45.3 Å². The first-order chi connectivity index (χ1) is 5.22. The van der Waals surface area contributed by atoms with Crippen LogP contribution < -0.4 is 5.73 Å². The van der Waals surface area contributed by atoms with E-state index >= 15 is 0 Å². The first kappa shape index (κ1) is 10.7. The molecular weight excluding hydrogens is 134 g/mol. The molecule has 1 nitrogen and oxygen atoms in total. The molecule has 0 saturated carbocycles. The Kier molecular flexibility index (Phi) is 6.24. The number of nitrogens with two attached hydrogens (primary N) is 1. The molecule has 0 saturated heterocycles. The van der Waals surface area contributed by atoms with Crippen molar-refractivity contribution in [1.82, 2.24) is 0 Å². The van der Waals surface area contributed by atoms with Crippen LogP contribution in [0.25, 0.3) is 0 Å². The van der Waals surface area contributed by atoms with Gasteiger partial charge in [0.15, 0.2) is 0 Å². The fourth-order valence-electron chi connectivity index (χ4n) is 1.13. The highest BCUT2D eigenvalue weighted by atomic mass is 14.6. The first-order valence-electron chi connectivity index (χ1n) is 4.65. The van der Waals surface area contributed by atoms with E-state index in [0.29, 0.717) is 0 Å². The van der Waals surface area contributed by atoms with Crippen LogP contribution in [-0.2, 0) is 0 Å². The summed E-state index contributed by atoms with van der Waals surface area (Å²) in [6.07, 6.45) is 5.82. The SMILES string of the molecule is C=C(CCC)C(N)CCCC. The van der Waals surface area contributed by atoms with Crippen molar-refractivity contribution in [1.29, 1.82) is 0 Å². The Hall–Kier alpha value is -0.300. The summed E-state index contributed by atoms with van der Waals surface area (Å²) in [5.74, 6) is 0. The standard InChI is InChI=1S/C10H21N/c1-4-6-8-10(11)9(3)7-5-2/h10H,3-8,11H2,1-2H3. The van der Waals surface area contributed by atoms with E-state index in [9.17, 15) is 0 Å². The quantitative estimate of drug-likeness (QED) is 0.586. The molecule has 0 amide bonds. The highest BCUT2D eigenvalue weighted by molar-refractivity contribution is 5.03. The number of hydrogen-bond acceptors (Lipinski definition) is 1. The van der Waals surface area contributed by atoms with Crippen molar-refractivity contribution in [3.05, 3.63) is 12.2 Å². The second-order valence-corrected chi connectivity index (χ2v) is 3.16. The molecule has 0 bridgehead atoms. The van der Waals surface area contributed by atoms with Gasteiger partial charge in [0.1, 0.15) is 0 Å². The van der Waals surface area contributed by atoms with E-state index in [1.54, 1.807) is 0 Å². The minimum Gasteiger partial charge on any atom is -0.324 e. The van der Waals surface area contributed by atoms with Crippen LogP contribution in [0.4, 0.5) is 0 Å². The summed E-state index contributed by atoms with van der Waals surface area (Å²) >= 11 is 0. The van der Waals surface area contributed by atoms with E-state index in [1.807, 2.05) is 0 Å². The van der Waals surface area contributed by atoms with Gasteiger partial charge in [0.25, 0.3) is 0 Å². The van der Waals surface area contributed by atoms with Gasteiger partial charge in [-0.15, -0.1) is 0 Å². The second-order valence-electron chi connectivity index (χ2n) is 3.16. The molecule has 0 spiro atoms. The van der Waals surface area contributed by atoms with Crippen molar-refractivity contribution in [3.63, 3.8) is 0 Å². The van der Waals surface area contributed by atoms with Crippen LogP contribution in [0.15, 0.2) is 12.2 Å². The van der Waals surface area contributed by atoms with E-state index in [-0.39, 0.29) is 6.04 Å². The predicted molar refractivity (Wildman–Crippen MR) is 51.5 cm³/mol. The lowest BCUT2D eigenvalue weighted by Gasteiger charge is -2.12. The van der Waals surface area contributed by atoms with Crippen LogP contribution in [0.5, 0.6) is 0 Å². The van der Waals surface area contributed by atoms with Crippen molar-refractivity contribution < 1.29 is 0 Å². The molecule has 0 aliphatic heterocycles. The molecule has 0 aliphatic carbocycles. The fraction of sp³-hybridized carbons (Fsp3) is 0.800. The van der Waals surface area contributed by atoms with E-state index < -0.39 is 0 Å². The average Bonchev–Trinajstić information content (AvgIpc) is 2.00. The Morgan fingerprint density at radius 2 is 2.00 bits per heavy atom. The van der Waals surface area contributed by atoms with Gasteiger partial charge in [0, 0.05) is 6.04 Å². The maximum Gasteiger partial charge on any atom is 0.0250 e. The largest absolute Gasteiger partial charge is 0.324 e. The number of rotatable bonds is 6. The molecule has 2 N–H and O–H groups in total. The van der Waals surface area contributed by atoms with E-state index in [0.717, 1.165) is 12.8 Å². The Morgan fingerprint density at radius 3 is 2.45 bits per heavy atom. The number of hydrogen-bond donors (Lipinski definition) is 1. The van der Waals surface area contributed by atoms with Crippen LogP contribution in [0.2, 0.25) is 0 Å². The topological polar surface area (TPSA) is 26.0 Å². The van der Waals surface area contributed by atoms with Gasteiger partial charge in [-0.05, 0) is 12.8 Å².